The molecule has 3 N–H and O–H groups in total. The molecule has 1 amide bonds. The van der Waals surface area contributed by atoms with Gasteiger partial charge in [0.15, 0.2) is 0 Å². The number of rotatable bonds is 2. The van der Waals surface area contributed by atoms with Gasteiger partial charge in [0.25, 0.3) is 0 Å². The number of hydrogen-bond donors (Lipinski definition) is 2. The number of hydrogen-bond acceptors (Lipinski definition) is 4. The van der Waals surface area contributed by atoms with Crippen LogP contribution in [0.2, 0.25) is 0 Å². The van der Waals surface area contributed by atoms with Gasteiger partial charge in [-0.15, -0.1) is 11.8 Å². The number of thioether (sulfide) groups is 1. The zero-order valence-electron chi connectivity index (χ0n) is 9.34. The van der Waals surface area contributed by atoms with Crippen molar-refractivity contribution in [1.29, 1.82) is 0 Å². The van der Waals surface area contributed by atoms with E-state index in [-0.39, 0.29) is 17.2 Å². The minimum absolute atomic E-state index is 0.00285. The van der Waals surface area contributed by atoms with Gasteiger partial charge < -0.3 is 15.7 Å². The number of fused-ring (bicyclic) bond motifs is 1. The summed E-state index contributed by atoms with van der Waals surface area (Å²) < 4.78 is 0. The van der Waals surface area contributed by atoms with E-state index in [0.29, 0.717) is 12.3 Å². The summed E-state index contributed by atoms with van der Waals surface area (Å²) in [5.41, 5.74) is 4.84. The standard InChI is InChI=1S/C10H16N2O3S/c1-5(2)10(9(14)15)3-12-7(13)6(11)8(12)16-4-10/h5-6,8H,3-4,11H2,1-2H3,(H,14,15)/t6?,8-,10?/m1/s1. The first-order valence-electron chi connectivity index (χ1n) is 5.31. The highest BCUT2D eigenvalue weighted by atomic mass is 32.2. The Morgan fingerprint density at radius 1 is 1.69 bits per heavy atom. The van der Waals surface area contributed by atoms with Gasteiger partial charge in [-0.3, -0.25) is 9.59 Å². The summed E-state index contributed by atoms with van der Waals surface area (Å²) in [6.07, 6.45) is 0. The van der Waals surface area contributed by atoms with E-state index in [1.54, 1.807) is 4.90 Å². The third kappa shape index (κ3) is 1.36. The van der Waals surface area contributed by atoms with Gasteiger partial charge in [0.05, 0.1) is 5.41 Å². The number of aliphatic carboxylic acids is 1. The number of carboxylic acids is 1. The van der Waals surface area contributed by atoms with Crippen molar-refractivity contribution in [1.82, 2.24) is 4.90 Å². The normalized spacial score (nSPS) is 38.2. The van der Waals surface area contributed by atoms with Crippen LogP contribution in [-0.4, -0.2) is 45.6 Å². The fraction of sp³-hybridized carbons (Fsp3) is 0.800. The molecule has 0 aromatic carbocycles. The van der Waals surface area contributed by atoms with Gasteiger partial charge in [-0.2, -0.15) is 0 Å². The number of carboxylic acid groups (broad SMARTS) is 1. The Bertz CT molecular complexity index is 347. The van der Waals surface area contributed by atoms with Crippen molar-refractivity contribution in [2.24, 2.45) is 17.1 Å². The molecule has 3 atom stereocenters. The molecule has 0 spiro atoms. The Balaban J connectivity index is 2.21. The first-order valence-corrected chi connectivity index (χ1v) is 6.36. The summed E-state index contributed by atoms with van der Waals surface area (Å²) >= 11 is 1.49. The van der Waals surface area contributed by atoms with E-state index in [1.807, 2.05) is 13.8 Å². The lowest BCUT2D eigenvalue weighted by atomic mass is 9.77. The highest BCUT2D eigenvalue weighted by molar-refractivity contribution is 8.00. The van der Waals surface area contributed by atoms with Crippen LogP contribution in [0.15, 0.2) is 0 Å². The molecule has 2 unspecified atom stereocenters. The largest absolute Gasteiger partial charge is 0.481 e. The first-order chi connectivity index (χ1) is 7.40. The van der Waals surface area contributed by atoms with E-state index in [4.69, 9.17) is 5.73 Å². The van der Waals surface area contributed by atoms with Gasteiger partial charge in [0.2, 0.25) is 5.91 Å². The second kappa shape index (κ2) is 3.63. The number of amides is 1. The van der Waals surface area contributed by atoms with Gasteiger partial charge in [0, 0.05) is 12.3 Å². The van der Waals surface area contributed by atoms with Crippen LogP contribution in [0.1, 0.15) is 13.8 Å². The van der Waals surface area contributed by atoms with Gasteiger partial charge in [0.1, 0.15) is 11.4 Å². The van der Waals surface area contributed by atoms with Crippen LogP contribution in [0.3, 0.4) is 0 Å². The van der Waals surface area contributed by atoms with Crippen LogP contribution in [0.5, 0.6) is 0 Å². The zero-order valence-corrected chi connectivity index (χ0v) is 10.2. The van der Waals surface area contributed by atoms with Crippen molar-refractivity contribution in [3.63, 3.8) is 0 Å². The SMILES string of the molecule is CC(C)C1(C(=O)O)CS[C@@H]2C(N)C(=O)N2C1. The monoisotopic (exact) mass is 244 g/mol. The minimum atomic E-state index is -0.822. The Kier molecular flexibility index (Phi) is 2.66. The number of β-lactam (4-membered cyclic amide) rings is 1. The highest BCUT2D eigenvalue weighted by Crippen LogP contribution is 2.44. The van der Waals surface area contributed by atoms with E-state index < -0.39 is 17.4 Å². The molecule has 0 aromatic heterocycles. The van der Waals surface area contributed by atoms with Gasteiger partial charge in [-0.25, -0.2) is 0 Å². The predicted molar refractivity (Wildman–Crippen MR) is 60.8 cm³/mol. The summed E-state index contributed by atoms with van der Waals surface area (Å²) in [5.74, 6) is -0.407. The molecule has 90 valence electrons. The Morgan fingerprint density at radius 2 is 2.31 bits per heavy atom. The molecule has 2 fully saturated rings. The van der Waals surface area contributed by atoms with E-state index in [2.05, 4.69) is 0 Å². The molecule has 2 aliphatic heterocycles. The molecule has 6 heteroatoms. The zero-order chi connectivity index (χ0) is 12.1. The molecule has 2 heterocycles. The van der Waals surface area contributed by atoms with Crippen molar-refractivity contribution in [2.75, 3.05) is 12.3 Å². The fourth-order valence-corrected chi connectivity index (χ4v) is 3.92. The van der Waals surface area contributed by atoms with Crippen LogP contribution in [0.4, 0.5) is 0 Å². The summed E-state index contributed by atoms with van der Waals surface area (Å²) in [5, 5.41) is 9.34. The minimum Gasteiger partial charge on any atom is -0.481 e. The number of nitrogens with zero attached hydrogens (tertiary/aromatic N) is 1. The molecular weight excluding hydrogens is 228 g/mol. The lowest BCUT2D eigenvalue weighted by Crippen LogP contribution is -2.72. The van der Waals surface area contributed by atoms with Gasteiger partial charge in [-0.05, 0) is 5.92 Å². The van der Waals surface area contributed by atoms with Crippen molar-refractivity contribution >= 4 is 23.6 Å². The lowest BCUT2D eigenvalue weighted by Gasteiger charge is -2.53. The van der Waals surface area contributed by atoms with E-state index >= 15 is 0 Å². The van der Waals surface area contributed by atoms with Crippen LogP contribution in [0.25, 0.3) is 0 Å². The maximum absolute atomic E-state index is 11.5. The predicted octanol–water partition coefficient (Wildman–Crippen LogP) is -0.0442. The van der Waals surface area contributed by atoms with Crippen molar-refractivity contribution in [2.45, 2.75) is 25.3 Å². The molecular formula is C10H16N2O3S. The molecule has 2 rings (SSSR count). The molecule has 0 aromatic rings. The molecule has 2 saturated heterocycles. The van der Waals surface area contributed by atoms with Crippen molar-refractivity contribution in [3.8, 4) is 0 Å². The summed E-state index contributed by atoms with van der Waals surface area (Å²) in [4.78, 5) is 24.5. The summed E-state index contributed by atoms with van der Waals surface area (Å²) in [7, 11) is 0. The van der Waals surface area contributed by atoms with E-state index in [1.165, 1.54) is 11.8 Å². The number of nitrogens with two attached hydrogens (primary N) is 1. The average Bonchev–Trinajstić information content (AvgIpc) is 2.26. The highest BCUT2D eigenvalue weighted by Gasteiger charge is 2.56. The maximum atomic E-state index is 11.5. The molecule has 5 nitrogen and oxygen atoms in total. The Morgan fingerprint density at radius 3 is 2.81 bits per heavy atom. The number of carbonyl (C=O) groups excluding carboxylic acids is 1. The van der Waals surface area contributed by atoms with Gasteiger partial charge >= 0.3 is 5.97 Å². The van der Waals surface area contributed by atoms with Crippen LogP contribution < -0.4 is 5.73 Å². The third-order valence-electron chi connectivity index (χ3n) is 3.68. The maximum Gasteiger partial charge on any atom is 0.312 e. The van der Waals surface area contributed by atoms with Crippen molar-refractivity contribution in [3.05, 3.63) is 0 Å². The molecule has 0 bridgehead atoms. The fourth-order valence-electron chi connectivity index (χ4n) is 2.22. The molecule has 0 aliphatic carbocycles. The van der Waals surface area contributed by atoms with E-state index in [9.17, 15) is 14.7 Å². The quantitative estimate of drug-likeness (QED) is 0.666. The Hall–Kier alpha value is -0.750. The van der Waals surface area contributed by atoms with Crippen LogP contribution in [-0.2, 0) is 9.59 Å². The molecule has 0 saturated carbocycles. The molecule has 2 aliphatic rings. The Labute approximate surface area is 98.4 Å². The summed E-state index contributed by atoms with van der Waals surface area (Å²) in [6, 6.07) is -0.441. The molecule has 0 radical (unpaired) electrons. The average molecular weight is 244 g/mol. The van der Waals surface area contributed by atoms with Crippen LogP contribution >= 0.6 is 11.8 Å². The van der Waals surface area contributed by atoms with Crippen molar-refractivity contribution < 1.29 is 14.7 Å². The van der Waals surface area contributed by atoms with E-state index in [0.717, 1.165) is 0 Å². The topological polar surface area (TPSA) is 83.6 Å². The van der Waals surface area contributed by atoms with Crippen LogP contribution in [0, 0.1) is 11.3 Å². The third-order valence-corrected chi connectivity index (χ3v) is 5.25. The second-order valence-corrected chi connectivity index (χ2v) is 5.91. The second-order valence-electron chi connectivity index (χ2n) is 4.81. The number of carbonyl (C=O) groups is 2. The molecule has 16 heavy (non-hydrogen) atoms. The summed E-state index contributed by atoms with van der Waals surface area (Å²) in [6.45, 7) is 4.07. The lowest BCUT2D eigenvalue weighted by molar-refractivity contribution is -0.159. The van der Waals surface area contributed by atoms with Gasteiger partial charge in [-0.1, -0.05) is 13.8 Å². The smallest absolute Gasteiger partial charge is 0.312 e. The first kappa shape index (κ1) is 11.7.